The highest BCUT2D eigenvalue weighted by Crippen LogP contribution is 2.13. The molecule has 2 nitrogen and oxygen atoms in total. The Morgan fingerprint density at radius 1 is 0.867 bits per heavy atom. The average molecular weight is 209 g/mol. The van der Waals surface area contributed by atoms with Gasteiger partial charge in [0.05, 0.1) is 19.6 Å². The molecule has 0 saturated carbocycles. The van der Waals surface area contributed by atoms with Crippen LogP contribution in [0.5, 0.6) is 0 Å². The Hall–Kier alpha value is -0.860. The first-order valence-electron chi connectivity index (χ1n) is 5.65. The van der Waals surface area contributed by atoms with Crippen molar-refractivity contribution in [3.8, 4) is 0 Å². The van der Waals surface area contributed by atoms with Gasteiger partial charge in [-0.1, -0.05) is 30.3 Å². The molecule has 86 valence electrons. The lowest BCUT2D eigenvalue weighted by Crippen LogP contribution is -2.46. The van der Waals surface area contributed by atoms with E-state index in [0.29, 0.717) is 0 Å². The van der Waals surface area contributed by atoms with E-state index in [0.717, 1.165) is 0 Å². The van der Waals surface area contributed by atoms with Gasteiger partial charge < -0.3 is 9.96 Å². The molecule has 0 aliphatic carbocycles. The third-order valence-electron chi connectivity index (χ3n) is 3.37. The highest BCUT2D eigenvalue weighted by atomic mass is 16.0. The Kier molecular flexibility index (Phi) is 6.21. The second-order valence-corrected chi connectivity index (χ2v) is 3.93. The van der Waals surface area contributed by atoms with Crippen LogP contribution < -0.4 is 0 Å². The topological polar surface area (TPSA) is 30.0 Å². The molecule has 1 rings (SSSR count). The standard InChI is InChI=1S/C13H22N.H2O/c1-4-14(5-2,6-3)12-13-10-8-7-9-11-13;/h7-11H,4-6,12H2,1-3H3;1H2/q+1;/p-1. The van der Waals surface area contributed by atoms with E-state index in [-0.39, 0.29) is 5.48 Å². The Bertz CT molecular complexity index is 246. The number of benzene rings is 1. The Balaban J connectivity index is 0.00000196. The van der Waals surface area contributed by atoms with Gasteiger partial charge in [0.1, 0.15) is 6.54 Å². The number of nitrogens with zero attached hydrogens (tertiary/aromatic N) is 1. The summed E-state index contributed by atoms with van der Waals surface area (Å²) in [5.41, 5.74) is 1.46. The largest absolute Gasteiger partial charge is 0.870 e. The summed E-state index contributed by atoms with van der Waals surface area (Å²) >= 11 is 0. The molecule has 0 spiro atoms. The summed E-state index contributed by atoms with van der Waals surface area (Å²) < 4.78 is 1.20. The fourth-order valence-corrected chi connectivity index (χ4v) is 1.98. The normalized spacial score (nSPS) is 10.9. The zero-order valence-corrected chi connectivity index (χ0v) is 10.1. The molecular formula is C13H23NO. The third-order valence-corrected chi connectivity index (χ3v) is 3.37. The number of hydrogen-bond donors (Lipinski definition) is 0. The summed E-state index contributed by atoms with van der Waals surface area (Å²) in [7, 11) is 0. The van der Waals surface area contributed by atoms with E-state index in [2.05, 4.69) is 51.1 Å². The van der Waals surface area contributed by atoms with Crippen LogP contribution in [-0.4, -0.2) is 29.6 Å². The van der Waals surface area contributed by atoms with Gasteiger partial charge in [0, 0.05) is 5.56 Å². The van der Waals surface area contributed by atoms with Crippen LogP contribution in [0.1, 0.15) is 26.3 Å². The Morgan fingerprint density at radius 3 is 1.73 bits per heavy atom. The van der Waals surface area contributed by atoms with Crippen LogP contribution >= 0.6 is 0 Å². The highest BCUT2D eigenvalue weighted by Gasteiger charge is 2.20. The van der Waals surface area contributed by atoms with Crippen LogP contribution in [-0.2, 0) is 6.54 Å². The molecule has 0 aromatic heterocycles. The van der Waals surface area contributed by atoms with E-state index in [9.17, 15) is 0 Å². The van der Waals surface area contributed by atoms with Crippen LogP contribution in [0, 0.1) is 0 Å². The molecule has 1 aromatic rings. The lowest BCUT2D eigenvalue weighted by Gasteiger charge is -2.35. The van der Waals surface area contributed by atoms with Gasteiger partial charge in [-0.15, -0.1) is 0 Å². The number of hydrogen-bond acceptors (Lipinski definition) is 1. The molecular weight excluding hydrogens is 186 g/mol. The van der Waals surface area contributed by atoms with Gasteiger partial charge >= 0.3 is 0 Å². The fourth-order valence-electron chi connectivity index (χ4n) is 1.98. The van der Waals surface area contributed by atoms with E-state index < -0.39 is 0 Å². The van der Waals surface area contributed by atoms with Crippen molar-refractivity contribution in [1.82, 2.24) is 0 Å². The molecule has 0 amide bonds. The van der Waals surface area contributed by atoms with Crippen molar-refractivity contribution >= 4 is 0 Å². The summed E-state index contributed by atoms with van der Waals surface area (Å²) in [5, 5.41) is 0. The lowest BCUT2D eigenvalue weighted by atomic mass is 10.2. The average Bonchev–Trinajstić information content (AvgIpc) is 2.28. The van der Waals surface area contributed by atoms with Crippen molar-refractivity contribution in [2.45, 2.75) is 27.3 Å². The van der Waals surface area contributed by atoms with Crippen molar-refractivity contribution in [3.63, 3.8) is 0 Å². The fraction of sp³-hybridized carbons (Fsp3) is 0.538. The van der Waals surface area contributed by atoms with Gasteiger partial charge in [0.25, 0.3) is 0 Å². The SMILES string of the molecule is CC[N+](CC)(CC)Cc1ccccc1.[OH-]. The predicted octanol–water partition coefficient (Wildman–Crippen LogP) is 2.89. The van der Waals surface area contributed by atoms with E-state index in [1.165, 1.54) is 36.2 Å². The summed E-state index contributed by atoms with van der Waals surface area (Å²) in [4.78, 5) is 0. The van der Waals surface area contributed by atoms with E-state index in [4.69, 9.17) is 0 Å². The Morgan fingerprint density at radius 2 is 1.33 bits per heavy atom. The lowest BCUT2D eigenvalue weighted by molar-refractivity contribution is -0.936. The van der Waals surface area contributed by atoms with Crippen LogP contribution in [0.3, 0.4) is 0 Å². The van der Waals surface area contributed by atoms with Gasteiger partial charge in [-0.05, 0) is 20.8 Å². The molecule has 0 heterocycles. The number of rotatable bonds is 5. The maximum Gasteiger partial charge on any atom is 0.104 e. The van der Waals surface area contributed by atoms with Crippen LogP contribution in [0.15, 0.2) is 30.3 Å². The molecule has 0 aliphatic rings. The highest BCUT2D eigenvalue weighted by molar-refractivity contribution is 5.13. The van der Waals surface area contributed by atoms with Crippen molar-refractivity contribution in [2.24, 2.45) is 0 Å². The summed E-state index contributed by atoms with van der Waals surface area (Å²) in [6, 6.07) is 10.8. The summed E-state index contributed by atoms with van der Waals surface area (Å²) in [6.07, 6.45) is 0. The predicted molar refractivity (Wildman–Crippen MR) is 64.0 cm³/mol. The molecule has 0 atom stereocenters. The molecule has 0 saturated heterocycles. The third kappa shape index (κ3) is 3.65. The van der Waals surface area contributed by atoms with Gasteiger partial charge in [-0.3, -0.25) is 0 Å². The van der Waals surface area contributed by atoms with Crippen molar-refractivity contribution in [2.75, 3.05) is 19.6 Å². The van der Waals surface area contributed by atoms with E-state index in [1.807, 2.05) is 0 Å². The minimum Gasteiger partial charge on any atom is -0.870 e. The molecule has 1 aromatic carbocycles. The first-order valence-corrected chi connectivity index (χ1v) is 5.65. The Labute approximate surface area is 93.4 Å². The zero-order chi connectivity index (χ0) is 10.4. The molecule has 0 radical (unpaired) electrons. The monoisotopic (exact) mass is 209 g/mol. The maximum atomic E-state index is 2.29. The quantitative estimate of drug-likeness (QED) is 0.686. The van der Waals surface area contributed by atoms with Crippen molar-refractivity contribution in [1.29, 1.82) is 0 Å². The van der Waals surface area contributed by atoms with Gasteiger partial charge in [0.2, 0.25) is 0 Å². The van der Waals surface area contributed by atoms with E-state index >= 15 is 0 Å². The number of quaternary nitrogens is 1. The van der Waals surface area contributed by atoms with Gasteiger partial charge in [-0.25, -0.2) is 0 Å². The molecule has 0 bridgehead atoms. The van der Waals surface area contributed by atoms with Crippen molar-refractivity contribution in [3.05, 3.63) is 35.9 Å². The minimum atomic E-state index is 0. The summed E-state index contributed by atoms with van der Waals surface area (Å²) in [6.45, 7) is 11.7. The molecule has 15 heavy (non-hydrogen) atoms. The van der Waals surface area contributed by atoms with E-state index in [1.54, 1.807) is 0 Å². The van der Waals surface area contributed by atoms with Crippen LogP contribution in [0.4, 0.5) is 0 Å². The minimum absolute atomic E-state index is 0. The second kappa shape index (κ2) is 6.59. The molecule has 2 heteroatoms. The zero-order valence-electron chi connectivity index (χ0n) is 10.1. The van der Waals surface area contributed by atoms with Gasteiger partial charge in [0.15, 0.2) is 0 Å². The van der Waals surface area contributed by atoms with Crippen molar-refractivity contribution < 1.29 is 9.96 Å². The first-order chi connectivity index (χ1) is 6.76. The van der Waals surface area contributed by atoms with Crippen LogP contribution in [0.2, 0.25) is 0 Å². The molecule has 0 unspecified atom stereocenters. The van der Waals surface area contributed by atoms with Crippen LogP contribution in [0.25, 0.3) is 0 Å². The van der Waals surface area contributed by atoms with Gasteiger partial charge in [-0.2, -0.15) is 0 Å². The molecule has 0 fully saturated rings. The molecule has 1 N–H and O–H groups in total. The second-order valence-electron chi connectivity index (χ2n) is 3.93. The smallest absolute Gasteiger partial charge is 0.104 e. The first kappa shape index (κ1) is 14.1. The molecule has 0 aliphatic heterocycles. The maximum absolute atomic E-state index is 2.29. The summed E-state index contributed by atoms with van der Waals surface area (Å²) in [5.74, 6) is 0.